The Bertz CT molecular complexity index is 1040. The third-order valence-corrected chi connectivity index (χ3v) is 5.06. The Morgan fingerprint density at radius 2 is 2.12 bits per heavy atom. The molecule has 0 amide bonds. The number of benzene rings is 1. The van der Waals surface area contributed by atoms with Gasteiger partial charge in [0, 0.05) is 35.5 Å². The first-order chi connectivity index (χ1) is 12.9. The van der Waals surface area contributed by atoms with E-state index in [1.807, 2.05) is 12.1 Å². The molecule has 1 fully saturated rings. The molecule has 1 N–H and O–H groups in total. The average molecular weight is 344 g/mol. The minimum absolute atomic E-state index is 0.678. The second-order valence-electron chi connectivity index (χ2n) is 6.85. The zero-order valence-electron chi connectivity index (χ0n) is 14.4. The molecule has 130 valence electrons. The number of aromatic nitrogens is 3. The summed E-state index contributed by atoms with van der Waals surface area (Å²) in [5.74, 6) is 0.678. The summed E-state index contributed by atoms with van der Waals surface area (Å²) in [6.07, 6.45) is 6.80. The Morgan fingerprint density at radius 3 is 3.04 bits per heavy atom. The van der Waals surface area contributed by atoms with E-state index in [2.05, 4.69) is 51.5 Å². The fraction of sp³-hybridized carbons (Fsp3) is 0.238. The highest BCUT2D eigenvalue weighted by Crippen LogP contribution is 2.30. The van der Waals surface area contributed by atoms with Gasteiger partial charge in [-0.15, -0.1) is 0 Å². The number of hydrogen-bond acceptors (Lipinski definition) is 4. The van der Waals surface area contributed by atoms with Gasteiger partial charge in [0.05, 0.1) is 17.7 Å². The van der Waals surface area contributed by atoms with Crippen molar-refractivity contribution in [2.75, 3.05) is 13.1 Å². The van der Waals surface area contributed by atoms with Crippen molar-refractivity contribution < 1.29 is 4.42 Å². The molecule has 0 radical (unpaired) electrons. The first-order valence-electron chi connectivity index (χ1n) is 9.04. The van der Waals surface area contributed by atoms with Gasteiger partial charge >= 0.3 is 0 Å². The second-order valence-corrected chi connectivity index (χ2v) is 6.85. The molecule has 1 aliphatic heterocycles. The Balaban J connectivity index is 1.47. The lowest BCUT2D eigenvalue weighted by Crippen LogP contribution is -2.14. The van der Waals surface area contributed by atoms with E-state index in [1.54, 1.807) is 12.5 Å². The number of fused-ring (bicyclic) bond motifs is 1. The largest absolute Gasteiger partial charge is 0.464 e. The fourth-order valence-corrected chi connectivity index (χ4v) is 3.70. The predicted octanol–water partition coefficient (Wildman–Crippen LogP) is 3.97. The molecule has 5 rings (SSSR count). The van der Waals surface area contributed by atoms with E-state index >= 15 is 0 Å². The van der Waals surface area contributed by atoms with Crippen LogP contribution in [-0.2, 0) is 6.54 Å². The van der Waals surface area contributed by atoms with Crippen molar-refractivity contribution in [2.24, 2.45) is 5.92 Å². The molecule has 26 heavy (non-hydrogen) atoms. The summed E-state index contributed by atoms with van der Waals surface area (Å²) >= 11 is 0. The normalized spacial score (nSPS) is 17.2. The van der Waals surface area contributed by atoms with Gasteiger partial charge in [-0.25, -0.2) is 0 Å². The van der Waals surface area contributed by atoms with Crippen LogP contribution in [0.15, 0.2) is 65.5 Å². The molecule has 5 nitrogen and oxygen atoms in total. The summed E-state index contributed by atoms with van der Waals surface area (Å²) in [6, 6.07) is 14.3. The number of rotatable bonds is 4. The molecule has 4 heterocycles. The molecule has 1 aromatic carbocycles. The lowest BCUT2D eigenvalue weighted by atomic mass is 10.0. The maximum atomic E-state index is 5.50. The van der Waals surface area contributed by atoms with E-state index < -0.39 is 0 Å². The van der Waals surface area contributed by atoms with Gasteiger partial charge in [-0.3, -0.25) is 9.67 Å². The van der Waals surface area contributed by atoms with Gasteiger partial charge in [-0.1, -0.05) is 18.2 Å². The molecule has 1 aliphatic rings. The Morgan fingerprint density at radius 1 is 1.15 bits per heavy atom. The Labute approximate surface area is 151 Å². The van der Waals surface area contributed by atoms with E-state index in [9.17, 15) is 0 Å². The minimum Gasteiger partial charge on any atom is -0.464 e. The number of hydrogen-bond donors (Lipinski definition) is 1. The van der Waals surface area contributed by atoms with Crippen molar-refractivity contribution in [3.8, 4) is 22.5 Å². The van der Waals surface area contributed by atoms with Gasteiger partial charge in [0.2, 0.25) is 0 Å². The zero-order valence-corrected chi connectivity index (χ0v) is 14.4. The molecule has 3 aromatic heterocycles. The molecule has 5 heteroatoms. The quantitative estimate of drug-likeness (QED) is 0.609. The summed E-state index contributed by atoms with van der Waals surface area (Å²) in [7, 11) is 0. The SMILES string of the molecule is c1cc(-c2ccn(CC3CCNC3)n2)cc(-c2nccc3occc23)c1. The maximum absolute atomic E-state index is 5.50. The van der Waals surface area contributed by atoms with Crippen LogP contribution in [0, 0.1) is 5.92 Å². The van der Waals surface area contributed by atoms with Gasteiger partial charge in [-0.05, 0) is 49.7 Å². The van der Waals surface area contributed by atoms with E-state index in [0.29, 0.717) is 5.92 Å². The summed E-state index contributed by atoms with van der Waals surface area (Å²) in [4.78, 5) is 4.57. The number of pyridine rings is 1. The molecule has 0 bridgehead atoms. The summed E-state index contributed by atoms with van der Waals surface area (Å²) in [5, 5.41) is 9.23. The van der Waals surface area contributed by atoms with Crippen LogP contribution < -0.4 is 5.32 Å². The van der Waals surface area contributed by atoms with Crippen molar-refractivity contribution in [2.45, 2.75) is 13.0 Å². The average Bonchev–Trinajstić information content (AvgIpc) is 3.43. The first-order valence-corrected chi connectivity index (χ1v) is 9.04. The van der Waals surface area contributed by atoms with Crippen LogP contribution in [0.5, 0.6) is 0 Å². The van der Waals surface area contributed by atoms with Gasteiger partial charge in [0.15, 0.2) is 0 Å². The molecule has 0 saturated carbocycles. The van der Waals surface area contributed by atoms with Crippen LogP contribution in [0.3, 0.4) is 0 Å². The molecular weight excluding hydrogens is 324 g/mol. The standard InChI is InChI=1S/C21H20N4O/c1-2-16(19-6-10-25(24-19)14-15-4-8-22-13-15)12-17(3-1)21-18-7-11-26-20(18)5-9-23-21/h1-3,5-7,9-12,15,22H,4,8,13-14H2. The third kappa shape index (κ3) is 2.80. The van der Waals surface area contributed by atoms with Crippen molar-refractivity contribution >= 4 is 11.0 Å². The van der Waals surface area contributed by atoms with Crippen molar-refractivity contribution in [3.63, 3.8) is 0 Å². The third-order valence-electron chi connectivity index (χ3n) is 5.06. The van der Waals surface area contributed by atoms with Crippen LogP contribution in [0.25, 0.3) is 33.5 Å². The lowest BCUT2D eigenvalue weighted by molar-refractivity contribution is 0.450. The minimum atomic E-state index is 0.678. The highest BCUT2D eigenvalue weighted by atomic mass is 16.3. The number of nitrogens with zero attached hydrogens (tertiary/aromatic N) is 3. The highest BCUT2D eigenvalue weighted by Gasteiger charge is 2.16. The topological polar surface area (TPSA) is 55.9 Å². The Hall–Kier alpha value is -2.92. The number of furan rings is 1. The van der Waals surface area contributed by atoms with Crippen LogP contribution in [0.2, 0.25) is 0 Å². The fourth-order valence-electron chi connectivity index (χ4n) is 3.70. The van der Waals surface area contributed by atoms with E-state index in [0.717, 1.165) is 53.1 Å². The number of nitrogens with one attached hydrogen (secondary N) is 1. The first kappa shape index (κ1) is 15.3. The maximum Gasteiger partial charge on any atom is 0.137 e. The summed E-state index contributed by atoms with van der Waals surface area (Å²) in [6.45, 7) is 3.18. The Kier molecular flexibility index (Phi) is 3.79. The van der Waals surface area contributed by atoms with Gasteiger partial charge < -0.3 is 9.73 Å². The van der Waals surface area contributed by atoms with E-state index in [4.69, 9.17) is 9.52 Å². The molecule has 4 aromatic rings. The summed E-state index contributed by atoms with van der Waals surface area (Å²) < 4.78 is 7.56. The predicted molar refractivity (Wildman–Crippen MR) is 102 cm³/mol. The van der Waals surface area contributed by atoms with Crippen molar-refractivity contribution in [1.29, 1.82) is 0 Å². The van der Waals surface area contributed by atoms with Crippen LogP contribution in [0.4, 0.5) is 0 Å². The molecule has 1 unspecified atom stereocenters. The molecule has 0 spiro atoms. The highest BCUT2D eigenvalue weighted by molar-refractivity contribution is 5.92. The zero-order chi connectivity index (χ0) is 17.3. The monoisotopic (exact) mass is 344 g/mol. The van der Waals surface area contributed by atoms with Crippen molar-refractivity contribution in [3.05, 3.63) is 61.1 Å². The van der Waals surface area contributed by atoms with Gasteiger partial charge in [0.25, 0.3) is 0 Å². The molecule has 1 saturated heterocycles. The second kappa shape index (κ2) is 6.42. The molecule has 0 aliphatic carbocycles. The van der Waals surface area contributed by atoms with Gasteiger partial charge in [-0.2, -0.15) is 5.10 Å². The van der Waals surface area contributed by atoms with E-state index in [1.165, 1.54) is 6.42 Å². The van der Waals surface area contributed by atoms with Crippen LogP contribution >= 0.6 is 0 Å². The lowest BCUT2D eigenvalue weighted by Gasteiger charge is -2.08. The summed E-state index contributed by atoms with van der Waals surface area (Å²) in [5.41, 5.74) is 4.97. The molecule has 1 atom stereocenters. The van der Waals surface area contributed by atoms with Crippen LogP contribution in [-0.4, -0.2) is 27.9 Å². The van der Waals surface area contributed by atoms with Crippen molar-refractivity contribution in [1.82, 2.24) is 20.1 Å². The van der Waals surface area contributed by atoms with Gasteiger partial charge in [0.1, 0.15) is 5.58 Å². The smallest absolute Gasteiger partial charge is 0.137 e. The van der Waals surface area contributed by atoms with E-state index in [-0.39, 0.29) is 0 Å². The van der Waals surface area contributed by atoms with Crippen LogP contribution in [0.1, 0.15) is 6.42 Å². The molecular formula is C21H20N4O.